The van der Waals surface area contributed by atoms with Crippen LogP contribution in [-0.2, 0) is 4.79 Å². The van der Waals surface area contributed by atoms with E-state index in [1.54, 1.807) is 18.2 Å². The maximum absolute atomic E-state index is 12.0. The van der Waals surface area contributed by atoms with Gasteiger partial charge in [-0.05, 0) is 36.6 Å². The van der Waals surface area contributed by atoms with Crippen LogP contribution in [0.3, 0.4) is 0 Å². The maximum atomic E-state index is 12.0. The highest BCUT2D eigenvalue weighted by atomic mass is 35.5. The molecule has 5 heteroatoms. The second-order valence-electron chi connectivity index (χ2n) is 4.79. The number of carbonyl (C=O) groups is 1. The number of nitrogens with zero attached hydrogens (tertiary/aromatic N) is 1. The van der Waals surface area contributed by atoms with Gasteiger partial charge in [-0.25, -0.2) is 0 Å². The van der Waals surface area contributed by atoms with Crippen molar-refractivity contribution in [2.45, 2.75) is 31.7 Å². The first kappa shape index (κ1) is 14.9. The summed E-state index contributed by atoms with van der Waals surface area (Å²) in [4.78, 5) is 12.0. The average molecular weight is 309 g/mol. The summed E-state index contributed by atoms with van der Waals surface area (Å²) in [5.74, 6) is -0.342. The number of rotatable bonds is 3. The van der Waals surface area contributed by atoms with Crippen LogP contribution in [0, 0.1) is 11.3 Å². The third-order valence-electron chi connectivity index (χ3n) is 3.32. The smallest absolute Gasteiger partial charge is 0.262 e. The molecule has 0 saturated heterocycles. The largest absolute Gasteiger partial charge is 0.349 e. The average Bonchev–Trinajstić information content (AvgIpc) is 2.90. The summed E-state index contributed by atoms with van der Waals surface area (Å²) < 4.78 is 0. The van der Waals surface area contributed by atoms with E-state index in [1.807, 2.05) is 6.07 Å². The molecule has 0 atom stereocenters. The van der Waals surface area contributed by atoms with Crippen LogP contribution >= 0.6 is 23.2 Å². The molecule has 1 aromatic rings. The van der Waals surface area contributed by atoms with Crippen molar-refractivity contribution in [1.29, 1.82) is 5.26 Å². The molecule has 104 valence electrons. The molecule has 20 heavy (non-hydrogen) atoms. The van der Waals surface area contributed by atoms with Gasteiger partial charge < -0.3 is 5.32 Å². The molecule has 0 spiro atoms. The number of carbonyl (C=O) groups excluding carboxylic acids is 1. The molecule has 0 unspecified atom stereocenters. The Balaban J connectivity index is 2.16. The minimum atomic E-state index is -0.342. The summed E-state index contributed by atoms with van der Waals surface area (Å²) in [5.41, 5.74) is 0.662. The van der Waals surface area contributed by atoms with Crippen molar-refractivity contribution >= 4 is 35.2 Å². The minimum absolute atomic E-state index is 0.0566. The Bertz CT molecular complexity index is 584. The van der Waals surface area contributed by atoms with Crippen molar-refractivity contribution < 1.29 is 4.79 Å². The standard InChI is InChI=1S/C15H14Cl2N2O/c16-12-6-5-10(14(17)8-12)7-11(9-18)15(20)19-13-3-1-2-4-13/h5-8,13H,1-4H2,(H,19,20)/b11-7-. The predicted octanol–water partition coefficient (Wildman–Crippen LogP) is 3.96. The third-order valence-corrected chi connectivity index (χ3v) is 3.88. The number of nitriles is 1. The van der Waals surface area contributed by atoms with Crippen LogP contribution in [0.4, 0.5) is 0 Å². The maximum Gasteiger partial charge on any atom is 0.262 e. The van der Waals surface area contributed by atoms with Crippen LogP contribution in [0.2, 0.25) is 10.0 Å². The summed E-state index contributed by atoms with van der Waals surface area (Å²) in [5, 5.41) is 12.9. The predicted molar refractivity (Wildman–Crippen MR) is 80.5 cm³/mol. The molecular weight excluding hydrogens is 295 g/mol. The summed E-state index contributed by atoms with van der Waals surface area (Å²) in [7, 11) is 0. The van der Waals surface area contributed by atoms with Crippen molar-refractivity contribution in [2.24, 2.45) is 0 Å². The molecule has 1 fully saturated rings. The van der Waals surface area contributed by atoms with Gasteiger partial charge in [0.2, 0.25) is 0 Å². The van der Waals surface area contributed by atoms with Gasteiger partial charge >= 0.3 is 0 Å². The van der Waals surface area contributed by atoms with E-state index in [2.05, 4.69) is 5.32 Å². The zero-order chi connectivity index (χ0) is 14.5. The molecule has 3 nitrogen and oxygen atoms in total. The fraction of sp³-hybridized carbons (Fsp3) is 0.333. The highest BCUT2D eigenvalue weighted by Crippen LogP contribution is 2.23. The lowest BCUT2D eigenvalue weighted by Gasteiger charge is -2.11. The van der Waals surface area contributed by atoms with Crippen molar-refractivity contribution in [3.8, 4) is 6.07 Å². The summed E-state index contributed by atoms with van der Waals surface area (Å²) in [6.07, 6.45) is 5.69. The Kier molecular flexibility index (Phi) is 5.05. The zero-order valence-electron chi connectivity index (χ0n) is 10.8. The van der Waals surface area contributed by atoms with Gasteiger partial charge in [0.15, 0.2) is 0 Å². The molecule has 0 aliphatic heterocycles. The number of halogens is 2. The van der Waals surface area contributed by atoms with Crippen molar-refractivity contribution in [3.63, 3.8) is 0 Å². The van der Waals surface area contributed by atoms with E-state index in [-0.39, 0.29) is 17.5 Å². The molecule has 0 heterocycles. The molecule has 1 amide bonds. The lowest BCUT2D eigenvalue weighted by Crippen LogP contribution is -2.33. The van der Waals surface area contributed by atoms with Crippen LogP contribution in [0.15, 0.2) is 23.8 Å². The highest BCUT2D eigenvalue weighted by molar-refractivity contribution is 6.35. The highest BCUT2D eigenvalue weighted by Gasteiger charge is 2.19. The van der Waals surface area contributed by atoms with E-state index >= 15 is 0 Å². The molecule has 0 aromatic heterocycles. The SMILES string of the molecule is N#C/C(=C/c1ccc(Cl)cc1Cl)C(=O)NC1CCCC1. The number of nitrogens with one attached hydrogen (secondary N) is 1. The van der Waals surface area contributed by atoms with Crippen LogP contribution in [0.5, 0.6) is 0 Å². The summed E-state index contributed by atoms with van der Waals surface area (Å²) in [6, 6.07) is 7.04. The second kappa shape index (κ2) is 6.78. The second-order valence-corrected chi connectivity index (χ2v) is 5.63. The topological polar surface area (TPSA) is 52.9 Å². The van der Waals surface area contributed by atoms with E-state index in [1.165, 1.54) is 6.08 Å². The fourth-order valence-electron chi connectivity index (χ4n) is 2.26. The number of hydrogen-bond acceptors (Lipinski definition) is 2. The Morgan fingerprint density at radius 1 is 1.35 bits per heavy atom. The number of amides is 1. The Hall–Kier alpha value is -1.50. The molecule has 1 aliphatic rings. The Morgan fingerprint density at radius 2 is 2.05 bits per heavy atom. The molecular formula is C15H14Cl2N2O. The fourth-order valence-corrected chi connectivity index (χ4v) is 2.72. The molecule has 1 aliphatic carbocycles. The normalized spacial score (nSPS) is 15.9. The van der Waals surface area contributed by atoms with Crippen molar-refractivity contribution in [1.82, 2.24) is 5.32 Å². The molecule has 1 saturated carbocycles. The lowest BCUT2D eigenvalue weighted by atomic mass is 10.1. The molecule has 0 bridgehead atoms. The number of hydrogen-bond donors (Lipinski definition) is 1. The van der Waals surface area contributed by atoms with E-state index in [4.69, 9.17) is 28.5 Å². The molecule has 2 rings (SSSR count). The first-order valence-electron chi connectivity index (χ1n) is 6.48. The van der Waals surface area contributed by atoms with Gasteiger partial charge in [-0.3, -0.25) is 4.79 Å². The van der Waals surface area contributed by atoms with E-state index in [0.717, 1.165) is 25.7 Å². The van der Waals surface area contributed by atoms with Crippen LogP contribution in [-0.4, -0.2) is 11.9 Å². The van der Waals surface area contributed by atoms with E-state index in [0.29, 0.717) is 15.6 Å². The zero-order valence-corrected chi connectivity index (χ0v) is 12.3. The van der Waals surface area contributed by atoms with Gasteiger partial charge in [-0.1, -0.05) is 42.1 Å². The van der Waals surface area contributed by atoms with Gasteiger partial charge in [0.25, 0.3) is 5.91 Å². The van der Waals surface area contributed by atoms with Crippen LogP contribution < -0.4 is 5.32 Å². The number of benzene rings is 1. The Morgan fingerprint density at radius 3 is 2.65 bits per heavy atom. The summed E-state index contributed by atoms with van der Waals surface area (Å²) >= 11 is 11.8. The quantitative estimate of drug-likeness (QED) is 0.679. The van der Waals surface area contributed by atoms with E-state index < -0.39 is 0 Å². The lowest BCUT2D eigenvalue weighted by molar-refractivity contribution is -0.117. The van der Waals surface area contributed by atoms with Crippen LogP contribution in [0.25, 0.3) is 6.08 Å². The van der Waals surface area contributed by atoms with Gasteiger partial charge in [0, 0.05) is 16.1 Å². The summed E-state index contributed by atoms with van der Waals surface area (Å²) in [6.45, 7) is 0. The molecule has 1 N–H and O–H groups in total. The Labute approximate surface area is 128 Å². The van der Waals surface area contributed by atoms with Crippen molar-refractivity contribution in [3.05, 3.63) is 39.4 Å². The first-order chi connectivity index (χ1) is 9.60. The van der Waals surface area contributed by atoms with Gasteiger partial charge in [0.05, 0.1) is 0 Å². The monoisotopic (exact) mass is 308 g/mol. The minimum Gasteiger partial charge on any atom is -0.349 e. The molecule has 1 aromatic carbocycles. The van der Waals surface area contributed by atoms with Gasteiger partial charge in [-0.15, -0.1) is 0 Å². The molecule has 0 radical (unpaired) electrons. The third kappa shape index (κ3) is 3.75. The first-order valence-corrected chi connectivity index (χ1v) is 7.23. The van der Waals surface area contributed by atoms with Crippen LogP contribution in [0.1, 0.15) is 31.2 Å². The van der Waals surface area contributed by atoms with Gasteiger partial charge in [0.1, 0.15) is 11.6 Å². The van der Waals surface area contributed by atoms with E-state index in [9.17, 15) is 4.79 Å². The van der Waals surface area contributed by atoms with Gasteiger partial charge in [-0.2, -0.15) is 5.26 Å². The van der Waals surface area contributed by atoms with Crippen molar-refractivity contribution in [2.75, 3.05) is 0 Å².